The Labute approximate surface area is 194 Å². The zero-order valence-corrected chi connectivity index (χ0v) is 19.4. The molecule has 2 amide bonds. The molecule has 0 unspecified atom stereocenters. The molecule has 2 saturated heterocycles. The molecule has 0 bridgehead atoms. The van der Waals surface area contributed by atoms with Crippen LogP contribution in [0.1, 0.15) is 19.4 Å². The molecule has 0 radical (unpaired) electrons. The Morgan fingerprint density at radius 1 is 1.22 bits per heavy atom. The molecular weight excluding hydrogens is 450 g/mol. The Bertz CT molecular complexity index is 1170. The Morgan fingerprint density at radius 2 is 1.97 bits per heavy atom. The van der Waals surface area contributed by atoms with Crippen LogP contribution in [-0.4, -0.2) is 74.8 Å². The van der Waals surface area contributed by atoms with Crippen molar-refractivity contribution in [1.82, 2.24) is 19.2 Å². The first-order valence-electron chi connectivity index (χ1n) is 10.4. The van der Waals surface area contributed by atoms with Crippen molar-refractivity contribution in [2.75, 3.05) is 44.2 Å². The van der Waals surface area contributed by atoms with Gasteiger partial charge in [0.1, 0.15) is 15.8 Å². The molecule has 2 aromatic rings. The second-order valence-electron chi connectivity index (χ2n) is 7.18. The number of hydrogen-bond donors (Lipinski definition) is 0. The fourth-order valence-corrected chi connectivity index (χ4v) is 5.04. The summed E-state index contributed by atoms with van der Waals surface area (Å²) in [6.07, 6.45) is 2.90. The Balaban J connectivity index is 1.74. The minimum absolute atomic E-state index is 0.210. The highest BCUT2D eigenvalue weighted by molar-refractivity contribution is 8.26. The number of anilines is 1. The topological polar surface area (TPSA) is 87.5 Å². The lowest BCUT2D eigenvalue weighted by atomic mass is 10.2. The number of aromatic nitrogens is 2. The lowest BCUT2D eigenvalue weighted by molar-refractivity contribution is -0.121. The zero-order valence-electron chi connectivity index (χ0n) is 17.8. The van der Waals surface area contributed by atoms with E-state index < -0.39 is 0 Å². The van der Waals surface area contributed by atoms with Gasteiger partial charge in [0, 0.05) is 38.9 Å². The average molecular weight is 474 g/mol. The van der Waals surface area contributed by atoms with E-state index in [-0.39, 0.29) is 17.6 Å². The van der Waals surface area contributed by atoms with Crippen molar-refractivity contribution >= 4 is 57.8 Å². The van der Waals surface area contributed by atoms with Crippen LogP contribution in [0, 0.1) is 0 Å². The number of hydrogen-bond acceptors (Lipinski definition) is 8. The van der Waals surface area contributed by atoms with Crippen molar-refractivity contribution in [3.8, 4) is 0 Å². The van der Waals surface area contributed by atoms with Crippen LogP contribution in [-0.2, 0) is 9.53 Å². The SMILES string of the molecule is CCOC(=O)N1CCN(c2nc3ccccn3c(=O)c2/C=C2\SC(=S)N(CC)C2=O)CC1. The van der Waals surface area contributed by atoms with Gasteiger partial charge in [-0.15, -0.1) is 0 Å². The Hall–Kier alpha value is -2.92. The number of carbonyl (C=O) groups is 2. The summed E-state index contributed by atoms with van der Waals surface area (Å²) in [7, 11) is 0. The first-order chi connectivity index (χ1) is 15.4. The van der Waals surface area contributed by atoms with E-state index in [4.69, 9.17) is 21.9 Å². The van der Waals surface area contributed by atoms with Crippen molar-refractivity contribution in [3.05, 3.63) is 45.2 Å². The number of carbonyl (C=O) groups excluding carboxylic acids is 2. The minimum atomic E-state index is -0.345. The lowest BCUT2D eigenvalue weighted by Crippen LogP contribution is -2.49. The molecule has 32 heavy (non-hydrogen) atoms. The van der Waals surface area contributed by atoms with Gasteiger partial charge >= 0.3 is 6.09 Å². The second kappa shape index (κ2) is 9.29. The monoisotopic (exact) mass is 473 g/mol. The van der Waals surface area contributed by atoms with Gasteiger partial charge in [-0.05, 0) is 32.1 Å². The zero-order chi connectivity index (χ0) is 22.8. The Kier molecular flexibility index (Phi) is 6.47. The number of pyridine rings is 1. The van der Waals surface area contributed by atoms with Crippen LogP contribution in [0.25, 0.3) is 11.7 Å². The third kappa shape index (κ3) is 4.09. The predicted octanol–water partition coefficient (Wildman–Crippen LogP) is 2.19. The van der Waals surface area contributed by atoms with E-state index in [0.717, 1.165) is 0 Å². The van der Waals surface area contributed by atoms with Gasteiger partial charge in [0.25, 0.3) is 11.5 Å². The van der Waals surface area contributed by atoms with Gasteiger partial charge < -0.3 is 14.5 Å². The number of fused-ring (bicyclic) bond motifs is 1. The standard InChI is InChI=1S/C21H23N5O4S2/c1-3-25-19(28)15(32-21(25)31)13-14-17(22-16-7-5-6-8-26(16)18(14)27)23-9-11-24(12-10-23)20(29)30-4-2/h5-8,13H,3-4,9-12H2,1-2H3/b15-13-. The van der Waals surface area contributed by atoms with Gasteiger partial charge in [-0.3, -0.25) is 18.9 Å². The molecule has 0 aliphatic carbocycles. The highest BCUT2D eigenvalue weighted by atomic mass is 32.2. The third-order valence-electron chi connectivity index (χ3n) is 5.32. The van der Waals surface area contributed by atoms with Crippen LogP contribution in [0.5, 0.6) is 0 Å². The molecule has 2 fully saturated rings. The van der Waals surface area contributed by atoms with E-state index in [2.05, 4.69) is 0 Å². The normalized spacial score (nSPS) is 18.2. The van der Waals surface area contributed by atoms with Gasteiger partial charge in [-0.25, -0.2) is 9.78 Å². The van der Waals surface area contributed by atoms with E-state index in [1.54, 1.807) is 36.2 Å². The molecule has 2 aromatic heterocycles. The highest BCUT2D eigenvalue weighted by Gasteiger charge is 2.32. The van der Waals surface area contributed by atoms with E-state index in [0.29, 0.717) is 65.6 Å². The lowest BCUT2D eigenvalue weighted by Gasteiger charge is -2.35. The smallest absolute Gasteiger partial charge is 0.409 e. The van der Waals surface area contributed by atoms with Crippen molar-refractivity contribution in [2.24, 2.45) is 0 Å². The molecule has 4 rings (SSSR count). The largest absolute Gasteiger partial charge is 0.450 e. The summed E-state index contributed by atoms with van der Waals surface area (Å²) < 4.78 is 7.02. The summed E-state index contributed by atoms with van der Waals surface area (Å²) in [5, 5.41) is 0. The maximum atomic E-state index is 13.4. The highest BCUT2D eigenvalue weighted by Crippen LogP contribution is 2.33. The van der Waals surface area contributed by atoms with Gasteiger partial charge in [-0.2, -0.15) is 0 Å². The summed E-state index contributed by atoms with van der Waals surface area (Å²) in [5.74, 6) is 0.282. The maximum Gasteiger partial charge on any atom is 0.409 e. The molecule has 0 spiro atoms. The summed E-state index contributed by atoms with van der Waals surface area (Å²) >= 11 is 6.49. The first kappa shape index (κ1) is 22.3. The number of likely N-dealkylation sites (N-methyl/N-ethyl adjacent to an activating group) is 1. The minimum Gasteiger partial charge on any atom is -0.450 e. The van der Waals surface area contributed by atoms with E-state index >= 15 is 0 Å². The van der Waals surface area contributed by atoms with E-state index in [1.807, 2.05) is 17.9 Å². The predicted molar refractivity (Wildman–Crippen MR) is 128 cm³/mol. The molecule has 2 aliphatic rings. The van der Waals surface area contributed by atoms with Crippen molar-refractivity contribution in [2.45, 2.75) is 13.8 Å². The molecule has 9 nitrogen and oxygen atoms in total. The van der Waals surface area contributed by atoms with Crippen molar-refractivity contribution in [1.29, 1.82) is 0 Å². The van der Waals surface area contributed by atoms with Gasteiger partial charge in [0.2, 0.25) is 0 Å². The number of nitrogens with zero attached hydrogens (tertiary/aromatic N) is 5. The first-order valence-corrected chi connectivity index (χ1v) is 11.6. The van der Waals surface area contributed by atoms with E-state index in [1.165, 1.54) is 21.1 Å². The van der Waals surface area contributed by atoms with Crippen LogP contribution in [0.4, 0.5) is 10.6 Å². The number of thioether (sulfide) groups is 1. The summed E-state index contributed by atoms with van der Waals surface area (Å²) in [5.41, 5.74) is 0.577. The third-order valence-corrected chi connectivity index (χ3v) is 6.70. The molecule has 0 atom stereocenters. The molecule has 0 N–H and O–H groups in total. The Morgan fingerprint density at radius 3 is 2.62 bits per heavy atom. The van der Waals surface area contributed by atoms with Crippen LogP contribution >= 0.6 is 24.0 Å². The van der Waals surface area contributed by atoms with Gasteiger partial charge in [-0.1, -0.05) is 30.0 Å². The van der Waals surface area contributed by atoms with Gasteiger partial charge in [0.05, 0.1) is 17.1 Å². The molecule has 168 valence electrons. The molecular formula is C21H23N5O4S2. The van der Waals surface area contributed by atoms with Crippen molar-refractivity contribution < 1.29 is 14.3 Å². The molecule has 0 aromatic carbocycles. The van der Waals surface area contributed by atoms with Gasteiger partial charge in [0.15, 0.2) is 0 Å². The fourth-order valence-electron chi connectivity index (χ4n) is 3.68. The van der Waals surface area contributed by atoms with Crippen LogP contribution in [0.2, 0.25) is 0 Å². The summed E-state index contributed by atoms with van der Waals surface area (Å²) in [6.45, 7) is 6.30. The molecule has 4 heterocycles. The van der Waals surface area contributed by atoms with Crippen molar-refractivity contribution in [3.63, 3.8) is 0 Å². The number of ether oxygens (including phenoxy) is 1. The fraction of sp³-hybridized carbons (Fsp3) is 0.381. The quantitative estimate of drug-likeness (QED) is 0.493. The summed E-state index contributed by atoms with van der Waals surface area (Å²) in [4.78, 5) is 48.4. The number of thiocarbonyl (C=S) groups is 1. The molecule has 2 aliphatic heterocycles. The molecule has 0 saturated carbocycles. The maximum absolute atomic E-state index is 13.4. The van der Waals surface area contributed by atoms with Crippen LogP contribution < -0.4 is 10.5 Å². The second-order valence-corrected chi connectivity index (χ2v) is 8.86. The average Bonchev–Trinajstić information content (AvgIpc) is 3.07. The van der Waals surface area contributed by atoms with E-state index in [9.17, 15) is 14.4 Å². The van der Waals surface area contributed by atoms with Crippen LogP contribution in [0.15, 0.2) is 34.1 Å². The number of amides is 2. The van der Waals surface area contributed by atoms with Crippen LogP contribution in [0.3, 0.4) is 0 Å². The molecule has 11 heteroatoms. The summed E-state index contributed by atoms with van der Waals surface area (Å²) in [6, 6.07) is 5.34. The number of piperazine rings is 1. The number of rotatable bonds is 4.